The minimum Gasteiger partial charge on any atom is -0.308 e. The van der Waals surface area contributed by atoms with Crippen molar-refractivity contribution in [1.29, 1.82) is 5.26 Å². The van der Waals surface area contributed by atoms with Gasteiger partial charge in [-0.3, -0.25) is 0 Å². The SMILES string of the molecule is C[Si](C)(C)N(C#N)c1ccccc1. The summed E-state index contributed by atoms with van der Waals surface area (Å²) in [7, 11) is -1.56. The van der Waals surface area contributed by atoms with Gasteiger partial charge in [-0.2, -0.15) is 5.26 Å². The van der Waals surface area contributed by atoms with E-state index in [1.54, 1.807) is 0 Å². The minimum absolute atomic E-state index is 1.00. The van der Waals surface area contributed by atoms with Crippen molar-refractivity contribution >= 4 is 13.9 Å². The van der Waals surface area contributed by atoms with Crippen LogP contribution in [0.1, 0.15) is 0 Å². The van der Waals surface area contributed by atoms with Crippen molar-refractivity contribution in [3.63, 3.8) is 0 Å². The second kappa shape index (κ2) is 3.63. The van der Waals surface area contributed by atoms with Crippen LogP contribution >= 0.6 is 0 Å². The molecule has 0 unspecified atom stereocenters. The molecule has 0 radical (unpaired) electrons. The molecule has 0 aliphatic carbocycles. The molecule has 0 aromatic heterocycles. The summed E-state index contributed by atoms with van der Waals surface area (Å²) in [4.78, 5) is 0. The van der Waals surface area contributed by atoms with Gasteiger partial charge in [0.15, 0.2) is 14.4 Å². The maximum Gasteiger partial charge on any atom is 0.175 e. The van der Waals surface area contributed by atoms with Crippen LogP contribution < -0.4 is 4.57 Å². The molecule has 0 fully saturated rings. The number of rotatable bonds is 2. The van der Waals surface area contributed by atoms with Crippen LogP contribution in [0.15, 0.2) is 30.3 Å². The monoisotopic (exact) mass is 190 g/mol. The summed E-state index contributed by atoms with van der Waals surface area (Å²) in [6.45, 7) is 6.47. The fraction of sp³-hybridized carbons (Fsp3) is 0.300. The van der Waals surface area contributed by atoms with Crippen LogP contribution in [-0.2, 0) is 0 Å². The first-order valence-electron chi connectivity index (χ1n) is 4.31. The lowest BCUT2D eigenvalue weighted by Crippen LogP contribution is -2.42. The minimum atomic E-state index is -1.56. The summed E-state index contributed by atoms with van der Waals surface area (Å²) in [5.74, 6) is 0. The van der Waals surface area contributed by atoms with E-state index >= 15 is 0 Å². The van der Waals surface area contributed by atoms with Crippen LogP contribution in [-0.4, -0.2) is 8.24 Å². The molecule has 1 rings (SSSR count). The molecule has 0 spiro atoms. The molecular weight excluding hydrogens is 176 g/mol. The van der Waals surface area contributed by atoms with Gasteiger partial charge in [0.05, 0.1) is 0 Å². The number of nitriles is 1. The molecule has 3 heteroatoms. The molecule has 0 atom stereocenters. The van der Waals surface area contributed by atoms with Gasteiger partial charge < -0.3 is 4.57 Å². The van der Waals surface area contributed by atoms with Crippen LogP contribution in [0.25, 0.3) is 0 Å². The molecule has 68 valence electrons. The number of hydrogen-bond acceptors (Lipinski definition) is 2. The van der Waals surface area contributed by atoms with E-state index in [2.05, 4.69) is 25.8 Å². The summed E-state index contributed by atoms with van der Waals surface area (Å²) >= 11 is 0. The molecule has 0 bridgehead atoms. The number of anilines is 1. The highest BCUT2D eigenvalue weighted by Crippen LogP contribution is 2.19. The molecule has 0 amide bonds. The fourth-order valence-electron chi connectivity index (χ4n) is 1.17. The van der Waals surface area contributed by atoms with E-state index in [9.17, 15) is 0 Å². The first kappa shape index (κ1) is 9.81. The molecular formula is C10H14N2Si. The van der Waals surface area contributed by atoms with Crippen molar-refractivity contribution in [1.82, 2.24) is 0 Å². The predicted molar refractivity (Wildman–Crippen MR) is 57.9 cm³/mol. The smallest absolute Gasteiger partial charge is 0.175 e. The van der Waals surface area contributed by atoms with Crippen molar-refractivity contribution in [3.8, 4) is 6.19 Å². The summed E-state index contributed by atoms with van der Waals surface area (Å²) in [6, 6.07) is 9.83. The normalized spacial score (nSPS) is 10.6. The molecule has 0 saturated carbocycles. The Balaban J connectivity index is 3.01. The van der Waals surface area contributed by atoms with Gasteiger partial charge >= 0.3 is 0 Å². The Morgan fingerprint density at radius 1 is 1.15 bits per heavy atom. The van der Waals surface area contributed by atoms with Crippen molar-refractivity contribution in [3.05, 3.63) is 30.3 Å². The fourth-order valence-corrected chi connectivity index (χ4v) is 2.40. The molecule has 13 heavy (non-hydrogen) atoms. The van der Waals surface area contributed by atoms with E-state index in [1.165, 1.54) is 0 Å². The Morgan fingerprint density at radius 3 is 2.08 bits per heavy atom. The topological polar surface area (TPSA) is 27.0 Å². The zero-order valence-corrected chi connectivity index (χ0v) is 9.28. The Morgan fingerprint density at radius 2 is 1.69 bits per heavy atom. The van der Waals surface area contributed by atoms with Crippen LogP contribution in [0.4, 0.5) is 5.69 Å². The van der Waals surface area contributed by atoms with Gasteiger partial charge in [0.1, 0.15) is 0 Å². The largest absolute Gasteiger partial charge is 0.308 e. The van der Waals surface area contributed by atoms with Crippen LogP contribution in [0.2, 0.25) is 19.6 Å². The summed E-state index contributed by atoms with van der Waals surface area (Å²) < 4.78 is 1.84. The third-order valence-electron chi connectivity index (χ3n) is 1.79. The highest BCUT2D eigenvalue weighted by Gasteiger charge is 2.23. The number of benzene rings is 1. The molecule has 1 aromatic carbocycles. The summed E-state index contributed by atoms with van der Waals surface area (Å²) in [5, 5.41) is 9.03. The van der Waals surface area contributed by atoms with Gasteiger partial charge in [0.25, 0.3) is 0 Å². The summed E-state index contributed by atoms with van der Waals surface area (Å²) in [5.41, 5.74) is 1.00. The van der Waals surface area contributed by atoms with E-state index in [-0.39, 0.29) is 0 Å². The molecule has 0 saturated heterocycles. The third-order valence-corrected chi connectivity index (χ3v) is 3.49. The molecule has 0 heterocycles. The number of hydrogen-bond donors (Lipinski definition) is 0. The third kappa shape index (κ3) is 2.33. The van der Waals surface area contributed by atoms with Gasteiger partial charge in [-0.05, 0) is 12.1 Å². The highest BCUT2D eigenvalue weighted by atomic mass is 28.3. The van der Waals surface area contributed by atoms with Gasteiger partial charge in [0, 0.05) is 5.69 Å². The molecule has 0 aliphatic heterocycles. The first-order chi connectivity index (χ1) is 6.05. The lowest BCUT2D eigenvalue weighted by molar-refractivity contribution is 1.30. The zero-order valence-electron chi connectivity index (χ0n) is 8.28. The maximum absolute atomic E-state index is 9.03. The average molecular weight is 190 g/mol. The number of para-hydroxylation sites is 1. The van der Waals surface area contributed by atoms with E-state index in [0.29, 0.717) is 0 Å². The van der Waals surface area contributed by atoms with E-state index < -0.39 is 8.24 Å². The van der Waals surface area contributed by atoms with Crippen molar-refractivity contribution in [2.24, 2.45) is 0 Å². The van der Waals surface area contributed by atoms with Crippen molar-refractivity contribution in [2.45, 2.75) is 19.6 Å². The standard InChI is InChI=1S/C10H14N2Si/c1-13(2,3)12(9-11)10-7-5-4-6-8-10/h4-8H,1-3H3. The lowest BCUT2D eigenvalue weighted by Gasteiger charge is -2.28. The van der Waals surface area contributed by atoms with Crippen molar-refractivity contribution in [2.75, 3.05) is 4.57 Å². The van der Waals surface area contributed by atoms with E-state index in [0.717, 1.165) is 5.69 Å². The second-order valence-electron chi connectivity index (χ2n) is 3.94. The first-order valence-corrected chi connectivity index (χ1v) is 7.75. The Labute approximate surface area is 80.5 Å². The maximum atomic E-state index is 9.03. The molecule has 2 nitrogen and oxygen atoms in total. The van der Waals surface area contributed by atoms with Gasteiger partial charge in [-0.25, -0.2) is 0 Å². The Kier molecular flexibility index (Phi) is 2.74. The second-order valence-corrected chi connectivity index (χ2v) is 8.73. The van der Waals surface area contributed by atoms with Crippen LogP contribution in [0.5, 0.6) is 0 Å². The quantitative estimate of drug-likeness (QED) is 0.407. The van der Waals surface area contributed by atoms with Gasteiger partial charge in [0.2, 0.25) is 0 Å². The van der Waals surface area contributed by atoms with Crippen molar-refractivity contribution < 1.29 is 0 Å². The van der Waals surface area contributed by atoms with E-state index in [1.807, 2.05) is 34.9 Å². The van der Waals surface area contributed by atoms with Crippen LogP contribution in [0.3, 0.4) is 0 Å². The Bertz CT molecular complexity index is 308. The highest BCUT2D eigenvalue weighted by molar-refractivity contribution is 6.80. The number of nitrogens with zero attached hydrogens (tertiary/aromatic N) is 2. The van der Waals surface area contributed by atoms with Crippen LogP contribution in [0, 0.1) is 11.5 Å². The average Bonchev–Trinajstić information content (AvgIpc) is 2.05. The summed E-state index contributed by atoms with van der Waals surface area (Å²) in [6.07, 6.45) is 2.25. The Hall–Kier alpha value is -1.27. The van der Waals surface area contributed by atoms with Gasteiger partial charge in [-0.15, -0.1) is 0 Å². The lowest BCUT2D eigenvalue weighted by atomic mass is 10.3. The molecule has 1 aromatic rings. The van der Waals surface area contributed by atoms with Gasteiger partial charge in [-0.1, -0.05) is 37.8 Å². The molecule has 0 aliphatic rings. The predicted octanol–water partition coefficient (Wildman–Crippen LogP) is 2.81. The molecule has 0 N–H and O–H groups in total. The zero-order chi connectivity index (χ0) is 9.90. The van der Waals surface area contributed by atoms with E-state index in [4.69, 9.17) is 5.26 Å².